The monoisotopic (exact) mass is 323 g/mol. The molecule has 0 bridgehead atoms. The van der Waals surface area contributed by atoms with E-state index in [4.69, 9.17) is 28.9 Å². The van der Waals surface area contributed by atoms with Crippen LogP contribution in [0.3, 0.4) is 0 Å². The lowest BCUT2D eigenvalue weighted by atomic mass is 10.3. The molecule has 1 aliphatic rings. The van der Waals surface area contributed by atoms with Gasteiger partial charge in [0.05, 0.1) is 22.3 Å². The van der Waals surface area contributed by atoms with Gasteiger partial charge in [0.2, 0.25) is 15.9 Å². The number of sulfonamides is 1. The molecular formula is C10H11Cl2N3O3S. The van der Waals surface area contributed by atoms with Gasteiger partial charge >= 0.3 is 0 Å². The number of nitrogen functional groups attached to an aromatic ring is 1. The molecule has 0 spiro atoms. The molecule has 0 atom stereocenters. The minimum absolute atomic E-state index is 0.00543. The average Bonchev–Trinajstić information content (AvgIpc) is 2.36. The standard InChI is InChI=1S/C10H11Cl2N3O3S/c11-6-1-2-7(9(12)10(6)13)19(17,18)15-4-3-14-8(16)5-15/h1-2H,3-5,13H2,(H,14,16). The van der Waals surface area contributed by atoms with Crippen LogP contribution in [0, 0.1) is 0 Å². The number of nitrogens with zero attached hydrogens (tertiary/aromatic N) is 1. The van der Waals surface area contributed by atoms with Crippen LogP contribution in [0.2, 0.25) is 10.0 Å². The number of nitrogens with one attached hydrogen (secondary N) is 1. The second-order valence-electron chi connectivity index (χ2n) is 3.96. The van der Waals surface area contributed by atoms with Gasteiger partial charge in [0.15, 0.2) is 0 Å². The predicted octanol–water partition coefficient (Wildman–Crippen LogP) is 0.696. The zero-order chi connectivity index (χ0) is 14.2. The third kappa shape index (κ3) is 2.64. The molecule has 19 heavy (non-hydrogen) atoms. The lowest BCUT2D eigenvalue weighted by Gasteiger charge is -2.26. The second-order valence-corrected chi connectivity index (χ2v) is 6.65. The molecule has 0 unspecified atom stereocenters. The van der Waals surface area contributed by atoms with Crippen LogP contribution in [0.15, 0.2) is 17.0 Å². The fourth-order valence-electron chi connectivity index (χ4n) is 1.71. The van der Waals surface area contributed by atoms with Crippen molar-refractivity contribution >= 4 is 44.8 Å². The quantitative estimate of drug-likeness (QED) is 0.783. The molecule has 9 heteroatoms. The molecule has 0 saturated carbocycles. The van der Waals surface area contributed by atoms with E-state index in [1.165, 1.54) is 12.1 Å². The minimum Gasteiger partial charge on any atom is -0.396 e. The van der Waals surface area contributed by atoms with E-state index in [1.807, 2.05) is 0 Å². The van der Waals surface area contributed by atoms with Crippen molar-refractivity contribution in [1.29, 1.82) is 0 Å². The molecule has 6 nitrogen and oxygen atoms in total. The van der Waals surface area contributed by atoms with Crippen LogP contribution in [0.1, 0.15) is 0 Å². The highest BCUT2D eigenvalue weighted by Crippen LogP contribution is 2.34. The van der Waals surface area contributed by atoms with Gasteiger partial charge in [-0.05, 0) is 12.1 Å². The van der Waals surface area contributed by atoms with Gasteiger partial charge in [0, 0.05) is 13.1 Å². The van der Waals surface area contributed by atoms with Crippen LogP contribution in [0.5, 0.6) is 0 Å². The number of hydrogen-bond acceptors (Lipinski definition) is 4. The SMILES string of the molecule is Nc1c(Cl)ccc(S(=O)(=O)N2CCNC(=O)C2)c1Cl. The third-order valence-corrected chi connectivity index (χ3v) is 5.45. The van der Waals surface area contributed by atoms with Crippen LogP contribution in [-0.2, 0) is 14.8 Å². The molecule has 0 radical (unpaired) electrons. The molecule has 1 aromatic carbocycles. The Morgan fingerprint density at radius 3 is 2.63 bits per heavy atom. The first kappa shape index (κ1) is 14.4. The summed E-state index contributed by atoms with van der Waals surface area (Å²) in [5, 5.41) is 2.60. The summed E-state index contributed by atoms with van der Waals surface area (Å²) in [6, 6.07) is 2.64. The minimum atomic E-state index is -3.86. The van der Waals surface area contributed by atoms with Gasteiger partial charge in [0.25, 0.3) is 0 Å². The summed E-state index contributed by atoms with van der Waals surface area (Å²) >= 11 is 11.7. The van der Waals surface area contributed by atoms with E-state index in [-0.39, 0.29) is 46.2 Å². The van der Waals surface area contributed by atoms with Gasteiger partial charge in [-0.1, -0.05) is 23.2 Å². The predicted molar refractivity (Wildman–Crippen MR) is 72.6 cm³/mol. The Labute approximate surface area is 120 Å². The molecule has 1 amide bonds. The van der Waals surface area contributed by atoms with Crippen molar-refractivity contribution in [2.24, 2.45) is 0 Å². The van der Waals surface area contributed by atoms with E-state index in [0.717, 1.165) is 4.31 Å². The van der Waals surface area contributed by atoms with Crippen molar-refractivity contribution in [1.82, 2.24) is 9.62 Å². The number of rotatable bonds is 2. The molecule has 0 aromatic heterocycles. The highest BCUT2D eigenvalue weighted by Gasteiger charge is 2.31. The highest BCUT2D eigenvalue weighted by atomic mass is 35.5. The highest BCUT2D eigenvalue weighted by molar-refractivity contribution is 7.89. The molecule has 1 saturated heterocycles. The number of anilines is 1. The molecule has 2 rings (SSSR count). The molecule has 1 fully saturated rings. The lowest BCUT2D eigenvalue weighted by molar-refractivity contribution is -0.122. The zero-order valence-corrected chi connectivity index (χ0v) is 12.0. The summed E-state index contributed by atoms with van der Waals surface area (Å²) < 4.78 is 25.8. The summed E-state index contributed by atoms with van der Waals surface area (Å²) in [4.78, 5) is 11.1. The van der Waals surface area contributed by atoms with E-state index in [2.05, 4.69) is 5.32 Å². The number of piperazine rings is 1. The van der Waals surface area contributed by atoms with Gasteiger partial charge in [-0.25, -0.2) is 8.42 Å². The van der Waals surface area contributed by atoms with Crippen molar-refractivity contribution in [3.8, 4) is 0 Å². The summed E-state index contributed by atoms with van der Waals surface area (Å²) in [6.07, 6.45) is 0. The normalized spacial score (nSPS) is 17.3. The summed E-state index contributed by atoms with van der Waals surface area (Å²) in [6.45, 7) is 0.215. The first-order chi connectivity index (χ1) is 8.84. The topological polar surface area (TPSA) is 92.5 Å². The molecule has 1 aromatic rings. The molecule has 0 aliphatic carbocycles. The van der Waals surface area contributed by atoms with E-state index in [0.29, 0.717) is 0 Å². The largest absolute Gasteiger partial charge is 0.396 e. The third-order valence-electron chi connectivity index (χ3n) is 2.71. The van der Waals surface area contributed by atoms with Gasteiger partial charge in [-0.3, -0.25) is 4.79 Å². The van der Waals surface area contributed by atoms with Crippen molar-refractivity contribution in [2.45, 2.75) is 4.90 Å². The summed E-state index contributed by atoms with van der Waals surface area (Å²) in [5.74, 6) is -0.354. The van der Waals surface area contributed by atoms with E-state index >= 15 is 0 Å². The Hall–Kier alpha value is -1.02. The number of amides is 1. The number of carbonyl (C=O) groups excluding carboxylic acids is 1. The Kier molecular flexibility index (Phi) is 3.91. The summed E-state index contributed by atoms with van der Waals surface area (Å²) in [5.41, 5.74) is 5.62. The number of hydrogen-bond donors (Lipinski definition) is 2. The Balaban J connectivity index is 2.45. The van der Waals surface area contributed by atoms with E-state index in [9.17, 15) is 13.2 Å². The van der Waals surface area contributed by atoms with Gasteiger partial charge < -0.3 is 11.1 Å². The number of halogens is 2. The van der Waals surface area contributed by atoms with E-state index < -0.39 is 10.0 Å². The Bertz CT molecular complexity index is 633. The van der Waals surface area contributed by atoms with Crippen LogP contribution in [-0.4, -0.2) is 38.3 Å². The first-order valence-electron chi connectivity index (χ1n) is 5.34. The smallest absolute Gasteiger partial charge is 0.245 e. The van der Waals surface area contributed by atoms with Crippen molar-refractivity contribution in [3.05, 3.63) is 22.2 Å². The summed E-state index contributed by atoms with van der Waals surface area (Å²) in [7, 11) is -3.86. The van der Waals surface area contributed by atoms with Crippen LogP contribution < -0.4 is 11.1 Å². The maximum atomic E-state index is 12.4. The van der Waals surface area contributed by atoms with E-state index in [1.54, 1.807) is 0 Å². The lowest BCUT2D eigenvalue weighted by Crippen LogP contribution is -2.49. The first-order valence-corrected chi connectivity index (χ1v) is 7.54. The van der Waals surface area contributed by atoms with Gasteiger partial charge in [-0.15, -0.1) is 0 Å². The van der Waals surface area contributed by atoms with Gasteiger partial charge in [-0.2, -0.15) is 4.31 Å². The second kappa shape index (κ2) is 5.16. The molecule has 1 heterocycles. The van der Waals surface area contributed by atoms with Crippen LogP contribution in [0.4, 0.5) is 5.69 Å². The Morgan fingerprint density at radius 2 is 2.00 bits per heavy atom. The Morgan fingerprint density at radius 1 is 1.32 bits per heavy atom. The van der Waals surface area contributed by atoms with Crippen molar-refractivity contribution in [3.63, 3.8) is 0 Å². The molecule has 1 aliphatic heterocycles. The number of carbonyl (C=O) groups is 1. The number of nitrogens with two attached hydrogens (primary N) is 1. The maximum absolute atomic E-state index is 12.4. The zero-order valence-electron chi connectivity index (χ0n) is 9.69. The molecular weight excluding hydrogens is 313 g/mol. The fourth-order valence-corrected chi connectivity index (χ4v) is 3.84. The van der Waals surface area contributed by atoms with Crippen LogP contribution >= 0.6 is 23.2 Å². The number of benzene rings is 1. The maximum Gasteiger partial charge on any atom is 0.245 e. The molecule has 104 valence electrons. The van der Waals surface area contributed by atoms with Crippen molar-refractivity contribution < 1.29 is 13.2 Å². The molecule has 3 N–H and O–H groups in total. The fraction of sp³-hybridized carbons (Fsp3) is 0.300. The van der Waals surface area contributed by atoms with Gasteiger partial charge in [0.1, 0.15) is 4.90 Å². The average molecular weight is 324 g/mol. The van der Waals surface area contributed by atoms with Crippen LogP contribution in [0.25, 0.3) is 0 Å². The van der Waals surface area contributed by atoms with Crippen molar-refractivity contribution in [2.75, 3.05) is 25.4 Å².